The van der Waals surface area contributed by atoms with Gasteiger partial charge in [-0.15, -0.1) is 0 Å². The first-order chi connectivity index (χ1) is 10.7. The summed E-state index contributed by atoms with van der Waals surface area (Å²) in [5.74, 6) is 1.40. The van der Waals surface area contributed by atoms with Crippen LogP contribution in [0, 0.1) is 0 Å². The zero-order valence-corrected chi connectivity index (χ0v) is 12.7. The Labute approximate surface area is 130 Å². The first-order valence-electron chi connectivity index (χ1n) is 7.08. The summed E-state index contributed by atoms with van der Waals surface area (Å²) in [5.41, 5.74) is 1.43. The van der Waals surface area contributed by atoms with Crippen LogP contribution in [-0.4, -0.2) is 19.5 Å². The molecule has 0 amide bonds. The molecule has 0 spiro atoms. The number of benzene rings is 2. The summed E-state index contributed by atoms with van der Waals surface area (Å²) in [6.07, 6.45) is 3.11. The van der Waals surface area contributed by atoms with E-state index in [1.54, 1.807) is 37.6 Å². The molecule has 0 saturated carbocycles. The van der Waals surface area contributed by atoms with E-state index in [1.165, 1.54) is 6.08 Å². The minimum atomic E-state index is -0.0796. The van der Waals surface area contributed by atoms with Gasteiger partial charge in [0.05, 0.1) is 19.4 Å². The van der Waals surface area contributed by atoms with E-state index in [1.807, 2.05) is 31.2 Å². The molecule has 0 bridgehead atoms. The number of methoxy groups -OCH3 is 1. The second kappa shape index (κ2) is 7.88. The second-order valence-electron chi connectivity index (χ2n) is 4.50. The third-order valence-corrected chi connectivity index (χ3v) is 3.03. The Kier molecular flexibility index (Phi) is 5.60. The molecule has 1 N–H and O–H groups in total. The fraction of sp³-hybridized carbons (Fsp3) is 0.167. The number of hydrogen-bond acceptors (Lipinski definition) is 4. The lowest BCUT2D eigenvalue weighted by Crippen LogP contribution is -1.99. The molecule has 4 nitrogen and oxygen atoms in total. The van der Waals surface area contributed by atoms with Crippen molar-refractivity contribution >= 4 is 11.5 Å². The molecule has 0 unspecified atom stereocenters. The highest BCUT2D eigenvalue weighted by Gasteiger charge is 2.03. The summed E-state index contributed by atoms with van der Waals surface area (Å²) in [6.45, 7) is 2.52. The van der Waals surface area contributed by atoms with Crippen LogP contribution < -0.4 is 14.8 Å². The normalized spacial score (nSPS) is 10.5. The summed E-state index contributed by atoms with van der Waals surface area (Å²) < 4.78 is 10.6. The van der Waals surface area contributed by atoms with Crippen molar-refractivity contribution in [2.24, 2.45) is 0 Å². The molecule has 0 aliphatic carbocycles. The average Bonchev–Trinajstić information content (AvgIpc) is 2.56. The summed E-state index contributed by atoms with van der Waals surface area (Å²) >= 11 is 0. The predicted octanol–water partition coefficient (Wildman–Crippen LogP) is 3.90. The van der Waals surface area contributed by atoms with Crippen LogP contribution >= 0.6 is 0 Å². The van der Waals surface area contributed by atoms with Gasteiger partial charge in [-0.3, -0.25) is 4.79 Å². The van der Waals surface area contributed by atoms with Gasteiger partial charge in [0.2, 0.25) is 0 Å². The Hall–Kier alpha value is -2.75. The minimum absolute atomic E-state index is 0.0796. The van der Waals surface area contributed by atoms with Gasteiger partial charge in [-0.05, 0) is 43.3 Å². The maximum atomic E-state index is 12.0. The third-order valence-electron chi connectivity index (χ3n) is 3.03. The number of ketones is 1. The number of rotatable bonds is 7. The lowest BCUT2D eigenvalue weighted by Gasteiger charge is -2.09. The molecule has 22 heavy (non-hydrogen) atoms. The quantitative estimate of drug-likeness (QED) is 0.622. The number of para-hydroxylation sites is 2. The highest BCUT2D eigenvalue weighted by molar-refractivity contribution is 6.04. The standard InChI is InChI=1S/C18H19NO3/c1-3-22-18-7-5-4-6-16(18)19-13-12-17(20)14-8-10-15(21-2)11-9-14/h4-13,19H,3H2,1-2H3/b13-12+. The van der Waals surface area contributed by atoms with E-state index in [9.17, 15) is 4.79 Å². The molecule has 0 fully saturated rings. The molecule has 0 aliphatic heterocycles. The molecule has 4 heteroatoms. The molecule has 2 rings (SSSR count). The highest BCUT2D eigenvalue weighted by atomic mass is 16.5. The van der Waals surface area contributed by atoms with Crippen molar-refractivity contribution < 1.29 is 14.3 Å². The van der Waals surface area contributed by atoms with Crippen LogP contribution in [0.4, 0.5) is 5.69 Å². The Balaban J connectivity index is 2.01. The smallest absolute Gasteiger partial charge is 0.187 e. The molecule has 0 saturated heterocycles. The average molecular weight is 297 g/mol. The number of allylic oxidation sites excluding steroid dienone is 1. The maximum Gasteiger partial charge on any atom is 0.187 e. The highest BCUT2D eigenvalue weighted by Crippen LogP contribution is 2.23. The molecule has 0 atom stereocenters. The maximum absolute atomic E-state index is 12.0. The largest absolute Gasteiger partial charge is 0.497 e. The monoisotopic (exact) mass is 297 g/mol. The van der Waals surface area contributed by atoms with Crippen LogP contribution in [0.5, 0.6) is 11.5 Å². The fourth-order valence-corrected chi connectivity index (χ4v) is 1.93. The number of ether oxygens (including phenoxy) is 2. The van der Waals surface area contributed by atoms with Crippen LogP contribution in [-0.2, 0) is 0 Å². The summed E-state index contributed by atoms with van der Waals surface area (Å²) in [6, 6.07) is 14.6. The molecule has 2 aromatic rings. The van der Waals surface area contributed by atoms with Crippen molar-refractivity contribution in [3.8, 4) is 11.5 Å². The van der Waals surface area contributed by atoms with Crippen molar-refractivity contribution in [3.05, 3.63) is 66.4 Å². The van der Waals surface area contributed by atoms with Gasteiger partial charge in [0.1, 0.15) is 11.5 Å². The first-order valence-corrected chi connectivity index (χ1v) is 7.08. The van der Waals surface area contributed by atoms with Gasteiger partial charge in [-0.25, -0.2) is 0 Å². The Bertz CT molecular complexity index is 648. The van der Waals surface area contributed by atoms with Crippen molar-refractivity contribution in [2.75, 3.05) is 19.0 Å². The van der Waals surface area contributed by atoms with Gasteiger partial charge in [0.25, 0.3) is 0 Å². The van der Waals surface area contributed by atoms with E-state index in [4.69, 9.17) is 9.47 Å². The molecule has 0 aliphatic rings. The first kappa shape index (κ1) is 15.6. The molecular weight excluding hydrogens is 278 g/mol. The van der Waals surface area contributed by atoms with Gasteiger partial charge in [-0.1, -0.05) is 12.1 Å². The van der Waals surface area contributed by atoms with Crippen LogP contribution in [0.2, 0.25) is 0 Å². The molecule has 0 radical (unpaired) electrons. The Morgan fingerprint density at radius 3 is 2.55 bits per heavy atom. The van der Waals surface area contributed by atoms with Gasteiger partial charge in [-0.2, -0.15) is 0 Å². The van der Waals surface area contributed by atoms with Crippen molar-refractivity contribution in [3.63, 3.8) is 0 Å². The molecular formula is C18H19NO3. The number of nitrogens with one attached hydrogen (secondary N) is 1. The zero-order valence-electron chi connectivity index (χ0n) is 12.7. The van der Waals surface area contributed by atoms with E-state index in [0.29, 0.717) is 12.2 Å². The molecule has 0 aromatic heterocycles. The summed E-state index contributed by atoms with van der Waals surface area (Å²) in [5, 5.41) is 3.07. The van der Waals surface area contributed by atoms with E-state index >= 15 is 0 Å². The zero-order chi connectivity index (χ0) is 15.8. The lowest BCUT2D eigenvalue weighted by molar-refractivity contribution is 0.104. The third kappa shape index (κ3) is 4.12. The number of carbonyl (C=O) groups is 1. The Morgan fingerprint density at radius 1 is 1.14 bits per heavy atom. The van der Waals surface area contributed by atoms with Crippen molar-refractivity contribution in [1.29, 1.82) is 0 Å². The molecule has 114 valence electrons. The van der Waals surface area contributed by atoms with E-state index in [2.05, 4.69) is 5.32 Å². The second-order valence-corrected chi connectivity index (χ2v) is 4.50. The van der Waals surface area contributed by atoms with Crippen LogP contribution in [0.25, 0.3) is 0 Å². The number of anilines is 1. The summed E-state index contributed by atoms with van der Waals surface area (Å²) in [7, 11) is 1.59. The predicted molar refractivity (Wildman–Crippen MR) is 87.7 cm³/mol. The lowest BCUT2D eigenvalue weighted by atomic mass is 10.1. The van der Waals surface area contributed by atoms with Crippen LogP contribution in [0.1, 0.15) is 17.3 Å². The van der Waals surface area contributed by atoms with Gasteiger partial charge < -0.3 is 14.8 Å². The van der Waals surface area contributed by atoms with Gasteiger partial charge in [0, 0.05) is 17.8 Å². The van der Waals surface area contributed by atoms with E-state index in [0.717, 1.165) is 17.2 Å². The van der Waals surface area contributed by atoms with Crippen LogP contribution in [0.15, 0.2) is 60.8 Å². The minimum Gasteiger partial charge on any atom is -0.497 e. The number of hydrogen-bond donors (Lipinski definition) is 1. The van der Waals surface area contributed by atoms with Crippen molar-refractivity contribution in [2.45, 2.75) is 6.92 Å². The molecule has 0 heterocycles. The van der Waals surface area contributed by atoms with E-state index in [-0.39, 0.29) is 5.78 Å². The fourth-order valence-electron chi connectivity index (χ4n) is 1.93. The Morgan fingerprint density at radius 2 is 1.86 bits per heavy atom. The van der Waals surface area contributed by atoms with Crippen LogP contribution in [0.3, 0.4) is 0 Å². The van der Waals surface area contributed by atoms with E-state index < -0.39 is 0 Å². The molecule has 2 aromatic carbocycles. The topological polar surface area (TPSA) is 47.6 Å². The van der Waals surface area contributed by atoms with Crippen molar-refractivity contribution in [1.82, 2.24) is 0 Å². The van der Waals surface area contributed by atoms with Gasteiger partial charge in [0.15, 0.2) is 5.78 Å². The number of carbonyl (C=O) groups excluding carboxylic acids is 1. The SMILES string of the molecule is CCOc1ccccc1N/C=C/C(=O)c1ccc(OC)cc1. The van der Waals surface area contributed by atoms with Gasteiger partial charge >= 0.3 is 0 Å². The summed E-state index contributed by atoms with van der Waals surface area (Å²) in [4.78, 5) is 12.0.